The van der Waals surface area contributed by atoms with Gasteiger partial charge in [-0.05, 0) is 46.8 Å². The molecule has 0 bridgehead atoms. The van der Waals surface area contributed by atoms with Crippen LogP contribution in [0.2, 0.25) is 0 Å². The van der Waals surface area contributed by atoms with Gasteiger partial charge in [0.25, 0.3) is 15.9 Å². The molecule has 0 spiro atoms. The summed E-state index contributed by atoms with van der Waals surface area (Å²) in [6.45, 7) is 8.88. The van der Waals surface area contributed by atoms with E-state index in [0.29, 0.717) is 0 Å². The highest BCUT2D eigenvalue weighted by Crippen LogP contribution is 2.15. The third-order valence-corrected chi connectivity index (χ3v) is 3.84. The minimum atomic E-state index is -4.05. The molecule has 1 atom stereocenters. The molecule has 0 saturated carbocycles. The van der Waals surface area contributed by atoms with Gasteiger partial charge < -0.3 is 14.1 Å². The van der Waals surface area contributed by atoms with E-state index in [0.717, 1.165) is 12.1 Å². The van der Waals surface area contributed by atoms with Crippen LogP contribution in [-0.2, 0) is 19.6 Å². The smallest absolute Gasteiger partial charge is 0.375 e. The number of ether oxygens (including phenoxy) is 1. The van der Waals surface area contributed by atoms with E-state index in [-0.39, 0.29) is 23.8 Å². The van der Waals surface area contributed by atoms with Crippen molar-refractivity contribution in [3.05, 3.63) is 17.9 Å². The van der Waals surface area contributed by atoms with Crippen molar-refractivity contribution >= 4 is 21.9 Å². The van der Waals surface area contributed by atoms with Crippen LogP contribution < -0.4 is 5.14 Å². The number of primary sulfonamides is 1. The van der Waals surface area contributed by atoms with Crippen LogP contribution in [0.4, 0.5) is 0 Å². The monoisotopic (exact) mass is 346 g/mol. The lowest BCUT2D eigenvalue weighted by molar-refractivity contribution is -0.143. The van der Waals surface area contributed by atoms with E-state index in [1.165, 1.54) is 6.92 Å². The third kappa shape index (κ3) is 4.80. The molecule has 2 N–H and O–H groups in total. The summed E-state index contributed by atoms with van der Waals surface area (Å²) in [5, 5.41) is 4.34. The van der Waals surface area contributed by atoms with E-state index in [9.17, 15) is 18.0 Å². The highest BCUT2D eigenvalue weighted by molar-refractivity contribution is 7.89. The van der Waals surface area contributed by atoms with Gasteiger partial charge in [0.1, 0.15) is 0 Å². The van der Waals surface area contributed by atoms with Crippen LogP contribution in [0.3, 0.4) is 0 Å². The Balaban J connectivity index is 2.84. The number of hydrogen-bond donors (Lipinski definition) is 1. The minimum absolute atomic E-state index is 0.0544. The molecule has 1 aromatic heterocycles. The van der Waals surface area contributed by atoms with Gasteiger partial charge in [-0.15, -0.1) is 0 Å². The molecule has 1 amide bonds. The maximum atomic E-state index is 12.4. The molecule has 0 aliphatic heterocycles. The quantitative estimate of drug-likeness (QED) is 0.771. The molecule has 1 heterocycles. The second-order valence-electron chi connectivity index (χ2n) is 5.64. The number of hydrogen-bond acceptors (Lipinski definition) is 6. The number of amides is 1. The summed E-state index contributed by atoms with van der Waals surface area (Å²) >= 11 is 0. The Hall–Kier alpha value is -1.87. The largest absolute Gasteiger partial charge is 0.447 e. The first kappa shape index (κ1) is 19.2. The van der Waals surface area contributed by atoms with Gasteiger partial charge in [0.15, 0.2) is 6.10 Å². The van der Waals surface area contributed by atoms with Gasteiger partial charge in [0.2, 0.25) is 10.9 Å². The number of nitrogens with zero attached hydrogens (tertiary/aromatic N) is 1. The van der Waals surface area contributed by atoms with Crippen molar-refractivity contribution in [3.63, 3.8) is 0 Å². The van der Waals surface area contributed by atoms with Crippen molar-refractivity contribution in [2.24, 2.45) is 5.14 Å². The zero-order chi connectivity index (χ0) is 17.9. The van der Waals surface area contributed by atoms with Crippen LogP contribution in [0.1, 0.15) is 45.2 Å². The Morgan fingerprint density at radius 1 is 1.13 bits per heavy atom. The molecule has 0 aromatic carbocycles. The molecule has 8 nitrogen and oxygen atoms in total. The first-order chi connectivity index (χ1) is 10.4. The molecular weight excluding hydrogens is 324 g/mol. The average Bonchev–Trinajstić information content (AvgIpc) is 2.86. The van der Waals surface area contributed by atoms with Crippen LogP contribution in [-0.4, -0.2) is 43.4 Å². The van der Waals surface area contributed by atoms with Crippen molar-refractivity contribution in [1.29, 1.82) is 0 Å². The number of esters is 1. The van der Waals surface area contributed by atoms with Gasteiger partial charge in [-0.2, -0.15) is 0 Å². The summed E-state index contributed by atoms with van der Waals surface area (Å²) in [6.07, 6.45) is -1.03. The zero-order valence-corrected chi connectivity index (χ0v) is 14.6. The summed E-state index contributed by atoms with van der Waals surface area (Å²) < 4.78 is 32.1. The lowest BCUT2D eigenvalue weighted by atomic mass is 10.2. The van der Waals surface area contributed by atoms with Crippen molar-refractivity contribution in [2.75, 3.05) is 0 Å². The van der Waals surface area contributed by atoms with Crippen molar-refractivity contribution < 1.29 is 27.2 Å². The average molecular weight is 346 g/mol. The van der Waals surface area contributed by atoms with Crippen molar-refractivity contribution in [1.82, 2.24) is 4.90 Å². The highest BCUT2D eigenvalue weighted by atomic mass is 32.2. The maximum Gasteiger partial charge on any atom is 0.375 e. The Morgan fingerprint density at radius 2 is 1.65 bits per heavy atom. The molecule has 0 radical (unpaired) electrons. The van der Waals surface area contributed by atoms with Crippen molar-refractivity contribution in [2.45, 2.75) is 57.9 Å². The third-order valence-electron chi connectivity index (χ3n) is 3.06. The van der Waals surface area contributed by atoms with Gasteiger partial charge in [-0.3, -0.25) is 4.79 Å². The van der Waals surface area contributed by atoms with E-state index in [1.54, 1.807) is 4.90 Å². The Kier molecular flexibility index (Phi) is 5.95. The van der Waals surface area contributed by atoms with E-state index in [1.807, 2.05) is 27.7 Å². The van der Waals surface area contributed by atoms with E-state index in [4.69, 9.17) is 14.3 Å². The Labute approximate surface area is 135 Å². The van der Waals surface area contributed by atoms with Crippen LogP contribution in [0, 0.1) is 0 Å². The predicted octanol–water partition coefficient (Wildman–Crippen LogP) is 1.12. The van der Waals surface area contributed by atoms with Crippen LogP contribution in [0.5, 0.6) is 0 Å². The predicted molar refractivity (Wildman–Crippen MR) is 82.1 cm³/mol. The molecular formula is C14H22N2O6S. The summed E-state index contributed by atoms with van der Waals surface area (Å²) in [5.74, 6) is -1.62. The number of sulfonamides is 1. The Bertz CT molecular complexity index is 669. The minimum Gasteiger partial charge on any atom is -0.447 e. The molecule has 0 aliphatic carbocycles. The van der Waals surface area contributed by atoms with Crippen LogP contribution in [0.15, 0.2) is 21.6 Å². The number of rotatable bonds is 6. The molecule has 1 rings (SSSR count). The van der Waals surface area contributed by atoms with Crippen LogP contribution in [0.25, 0.3) is 0 Å². The first-order valence-electron chi connectivity index (χ1n) is 7.11. The fraction of sp³-hybridized carbons (Fsp3) is 0.571. The number of nitrogens with two attached hydrogens (primary N) is 1. The lowest BCUT2D eigenvalue weighted by Crippen LogP contribution is -2.47. The molecule has 9 heteroatoms. The zero-order valence-electron chi connectivity index (χ0n) is 13.8. The molecule has 1 aromatic rings. The fourth-order valence-corrected chi connectivity index (χ4v) is 2.63. The normalized spacial score (nSPS) is 13.2. The standard InChI is InChI=1S/C14H22N2O6S/c1-8(2)16(9(3)4)13(17)10(5)21-14(18)11-6-7-12(22-11)23(15,19)20/h6-10H,1-5H3,(H2,15,19,20). The molecule has 0 saturated heterocycles. The van der Waals surface area contributed by atoms with Gasteiger partial charge in [0, 0.05) is 12.1 Å². The second kappa shape index (κ2) is 7.14. The SMILES string of the molecule is CC(OC(=O)c1ccc(S(N)(=O)=O)o1)C(=O)N(C(C)C)C(C)C. The van der Waals surface area contributed by atoms with E-state index < -0.39 is 27.2 Å². The lowest BCUT2D eigenvalue weighted by Gasteiger charge is -2.32. The molecule has 0 fully saturated rings. The first-order valence-corrected chi connectivity index (χ1v) is 8.65. The summed E-state index contributed by atoms with van der Waals surface area (Å²) in [4.78, 5) is 25.9. The Morgan fingerprint density at radius 3 is 2.04 bits per heavy atom. The summed E-state index contributed by atoms with van der Waals surface area (Å²) in [7, 11) is -4.05. The summed E-state index contributed by atoms with van der Waals surface area (Å²) in [6, 6.07) is 2.07. The summed E-state index contributed by atoms with van der Waals surface area (Å²) in [5.41, 5.74) is 0. The fourth-order valence-electron chi connectivity index (χ4n) is 2.17. The van der Waals surface area contributed by atoms with Gasteiger partial charge in [0.05, 0.1) is 0 Å². The number of carbonyl (C=O) groups is 2. The number of furan rings is 1. The van der Waals surface area contributed by atoms with Gasteiger partial charge in [-0.1, -0.05) is 0 Å². The van der Waals surface area contributed by atoms with Crippen LogP contribution >= 0.6 is 0 Å². The number of carbonyl (C=O) groups excluding carboxylic acids is 2. The molecule has 23 heavy (non-hydrogen) atoms. The van der Waals surface area contributed by atoms with Gasteiger partial charge >= 0.3 is 5.97 Å². The van der Waals surface area contributed by atoms with E-state index >= 15 is 0 Å². The second-order valence-corrected chi connectivity index (χ2v) is 7.14. The van der Waals surface area contributed by atoms with Gasteiger partial charge in [-0.25, -0.2) is 18.4 Å². The highest BCUT2D eigenvalue weighted by Gasteiger charge is 2.29. The molecule has 1 unspecified atom stereocenters. The van der Waals surface area contributed by atoms with E-state index in [2.05, 4.69) is 0 Å². The topological polar surface area (TPSA) is 120 Å². The molecule has 0 aliphatic rings. The maximum absolute atomic E-state index is 12.4. The molecule has 130 valence electrons. The van der Waals surface area contributed by atoms with Crippen molar-refractivity contribution in [3.8, 4) is 0 Å².